The second-order valence-corrected chi connectivity index (χ2v) is 8.19. The van der Waals surface area contributed by atoms with Crippen LogP contribution in [-0.2, 0) is 25.3 Å². The van der Waals surface area contributed by atoms with Crippen molar-refractivity contribution in [1.29, 1.82) is 0 Å². The summed E-state index contributed by atoms with van der Waals surface area (Å²) in [7, 11) is 3.06. The molecule has 0 atom stereocenters. The molecule has 9 heteroatoms. The molecule has 3 rings (SSSR count). The highest BCUT2D eigenvalue weighted by Gasteiger charge is 2.23. The van der Waals surface area contributed by atoms with E-state index in [1.54, 1.807) is 7.05 Å². The third-order valence-corrected chi connectivity index (χ3v) is 4.96. The molecule has 0 bridgehead atoms. The number of aryl methyl sites for hydroxylation is 2. The second kappa shape index (κ2) is 6.39. The van der Waals surface area contributed by atoms with Crippen LogP contribution < -0.4 is 11.2 Å². The molecule has 0 radical (unpaired) electrons. The summed E-state index contributed by atoms with van der Waals surface area (Å²) in [5.41, 5.74) is -0.0116. The van der Waals surface area contributed by atoms with Crippen molar-refractivity contribution >= 4 is 22.8 Å². The first kappa shape index (κ1) is 18.4. The maximum absolute atomic E-state index is 12.7. The van der Waals surface area contributed by atoms with Crippen LogP contribution in [0.25, 0.3) is 11.0 Å². The summed E-state index contributed by atoms with van der Waals surface area (Å²) in [4.78, 5) is 34.2. The van der Waals surface area contributed by atoms with Crippen LogP contribution in [0, 0.1) is 6.92 Å². The van der Waals surface area contributed by atoms with Crippen LogP contribution in [0.15, 0.2) is 25.2 Å². The summed E-state index contributed by atoms with van der Waals surface area (Å²) in [5.74, 6) is 1.74. The van der Waals surface area contributed by atoms with Crippen LogP contribution in [0.1, 0.15) is 38.0 Å². The zero-order valence-corrected chi connectivity index (χ0v) is 16.5. The van der Waals surface area contributed by atoms with E-state index in [1.165, 1.54) is 23.4 Å². The van der Waals surface area contributed by atoms with Crippen molar-refractivity contribution in [3.8, 4) is 0 Å². The number of aromatic nitrogens is 5. The van der Waals surface area contributed by atoms with Gasteiger partial charge in [-0.15, -0.1) is 0 Å². The average molecular weight is 375 g/mol. The molecular formula is C17H21N5O3S. The van der Waals surface area contributed by atoms with E-state index >= 15 is 0 Å². The van der Waals surface area contributed by atoms with E-state index in [1.807, 2.05) is 33.8 Å². The van der Waals surface area contributed by atoms with Crippen LogP contribution in [0.3, 0.4) is 0 Å². The van der Waals surface area contributed by atoms with Gasteiger partial charge in [0, 0.05) is 25.6 Å². The molecule has 0 aliphatic heterocycles. The van der Waals surface area contributed by atoms with Gasteiger partial charge in [0.15, 0.2) is 5.65 Å². The Bertz CT molecular complexity index is 1100. The Labute approximate surface area is 154 Å². The minimum absolute atomic E-state index is 0.330. The Balaban J connectivity index is 2.24. The molecule has 0 saturated carbocycles. The van der Waals surface area contributed by atoms with Gasteiger partial charge in [-0.2, -0.15) is 0 Å². The van der Waals surface area contributed by atoms with Crippen molar-refractivity contribution < 1.29 is 4.52 Å². The molecule has 8 nitrogen and oxygen atoms in total. The number of fused-ring (bicyclic) bond motifs is 1. The standard InChI is InChI=1S/C17H21N5O3S/c1-9-7-10(25-20-9)8-26-13-11-12(18-15(19-13)17(2,3)4)21(5)16(24)22(6)14(11)23/h7H,8H2,1-6H3. The van der Waals surface area contributed by atoms with Gasteiger partial charge in [-0.05, 0) is 6.92 Å². The number of rotatable bonds is 3. The number of hydrogen-bond acceptors (Lipinski definition) is 7. The molecule has 0 aromatic carbocycles. The van der Waals surface area contributed by atoms with Crippen LogP contribution in [0.5, 0.6) is 0 Å². The lowest BCUT2D eigenvalue weighted by Crippen LogP contribution is -2.38. The summed E-state index contributed by atoms with van der Waals surface area (Å²) in [6.45, 7) is 7.81. The Morgan fingerprint density at radius 1 is 1.15 bits per heavy atom. The molecule has 3 heterocycles. The van der Waals surface area contributed by atoms with E-state index in [0.29, 0.717) is 33.4 Å². The lowest BCUT2D eigenvalue weighted by atomic mass is 9.96. The summed E-state index contributed by atoms with van der Waals surface area (Å²) in [6, 6.07) is 1.84. The number of thioether (sulfide) groups is 1. The Morgan fingerprint density at radius 3 is 2.42 bits per heavy atom. The van der Waals surface area contributed by atoms with Gasteiger partial charge < -0.3 is 4.52 Å². The van der Waals surface area contributed by atoms with Crippen LogP contribution >= 0.6 is 11.8 Å². The van der Waals surface area contributed by atoms with E-state index in [-0.39, 0.29) is 5.41 Å². The molecule has 0 fully saturated rings. The SMILES string of the molecule is Cc1cc(CSc2nc(C(C)(C)C)nc3c2c(=O)n(C)c(=O)n3C)on1. The van der Waals surface area contributed by atoms with Crippen molar-refractivity contribution in [3.05, 3.63) is 44.2 Å². The molecule has 0 aliphatic rings. The first-order valence-electron chi connectivity index (χ1n) is 8.13. The van der Waals surface area contributed by atoms with Gasteiger partial charge in [0.1, 0.15) is 22.0 Å². The fourth-order valence-corrected chi connectivity index (χ4v) is 3.38. The van der Waals surface area contributed by atoms with Gasteiger partial charge in [-0.1, -0.05) is 37.7 Å². The third-order valence-electron chi connectivity index (χ3n) is 3.97. The van der Waals surface area contributed by atoms with Crippen molar-refractivity contribution in [2.24, 2.45) is 14.1 Å². The Kier molecular flexibility index (Phi) is 4.51. The highest BCUT2D eigenvalue weighted by atomic mass is 32.2. The molecule has 0 saturated heterocycles. The Hall–Kier alpha value is -2.42. The van der Waals surface area contributed by atoms with E-state index in [0.717, 1.165) is 10.3 Å². The van der Waals surface area contributed by atoms with Crippen LogP contribution in [0.2, 0.25) is 0 Å². The molecule has 0 N–H and O–H groups in total. The van der Waals surface area contributed by atoms with E-state index in [9.17, 15) is 9.59 Å². The molecular weight excluding hydrogens is 354 g/mol. The largest absolute Gasteiger partial charge is 0.360 e. The monoisotopic (exact) mass is 375 g/mol. The minimum Gasteiger partial charge on any atom is -0.360 e. The molecule has 0 spiro atoms. The minimum atomic E-state index is -0.414. The van der Waals surface area contributed by atoms with Crippen molar-refractivity contribution in [2.75, 3.05) is 0 Å². The average Bonchev–Trinajstić information content (AvgIpc) is 3.00. The van der Waals surface area contributed by atoms with Gasteiger partial charge >= 0.3 is 5.69 Å². The maximum atomic E-state index is 12.7. The summed E-state index contributed by atoms with van der Waals surface area (Å²) < 4.78 is 7.70. The van der Waals surface area contributed by atoms with Crippen molar-refractivity contribution in [3.63, 3.8) is 0 Å². The molecule has 138 valence electrons. The molecule has 26 heavy (non-hydrogen) atoms. The van der Waals surface area contributed by atoms with E-state index < -0.39 is 11.2 Å². The van der Waals surface area contributed by atoms with Crippen molar-refractivity contribution in [2.45, 2.75) is 43.9 Å². The molecule has 0 amide bonds. The van der Waals surface area contributed by atoms with Gasteiger partial charge in [0.25, 0.3) is 5.56 Å². The highest BCUT2D eigenvalue weighted by molar-refractivity contribution is 7.98. The normalized spacial score (nSPS) is 12.1. The van der Waals surface area contributed by atoms with Gasteiger partial charge in [0.05, 0.1) is 11.4 Å². The zero-order valence-electron chi connectivity index (χ0n) is 15.7. The quantitative estimate of drug-likeness (QED) is 0.510. The van der Waals surface area contributed by atoms with Gasteiger partial charge in [-0.25, -0.2) is 14.8 Å². The van der Waals surface area contributed by atoms with E-state index in [4.69, 9.17) is 4.52 Å². The molecule has 3 aromatic rings. The smallest absolute Gasteiger partial charge is 0.332 e. The topological polar surface area (TPSA) is 95.8 Å². The first-order valence-corrected chi connectivity index (χ1v) is 9.11. The van der Waals surface area contributed by atoms with E-state index in [2.05, 4.69) is 15.1 Å². The maximum Gasteiger partial charge on any atom is 0.332 e. The van der Waals surface area contributed by atoms with Gasteiger partial charge in [0.2, 0.25) is 0 Å². The predicted octanol–water partition coefficient (Wildman–Crippen LogP) is 1.91. The fourth-order valence-electron chi connectivity index (χ4n) is 2.49. The Morgan fingerprint density at radius 2 is 1.85 bits per heavy atom. The molecule has 3 aromatic heterocycles. The molecule has 0 unspecified atom stereocenters. The second-order valence-electron chi connectivity index (χ2n) is 7.23. The summed E-state index contributed by atoms with van der Waals surface area (Å²) in [5, 5.41) is 4.74. The number of nitrogens with zero attached hydrogens (tertiary/aromatic N) is 5. The fraction of sp³-hybridized carbons (Fsp3) is 0.471. The zero-order chi connectivity index (χ0) is 19.2. The van der Waals surface area contributed by atoms with Crippen molar-refractivity contribution in [1.82, 2.24) is 24.3 Å². The van der Waals surface area contributed by atoms with Crippen LogP contribution in [-0.4, -0.2) is 24.3 Å². The number of hydrogen-bond donors (Lipinski definition) is 0. The predicted molar refractivity (Wildman–Crippen MR) is 99.5 cm³/mol. The lowest BCUT2D eigenvalue weighted by molar-refractivity contribution is 0.391. The summed E-state index contributed by atoms with van der Waals surface area (Å²) >= 11 is 1.37. The summed E-state index contributed by atoms with van der Waals surface area (Å²) in [6.07, 6.45) is 0. The van der Waals surface area contributed by atoms with Gasteiger partial charge in [-0.3, -0.25) is 13.9 Å². The van der Waals surface area contributed by atoms with Crippen LogP contribution in [0.4, 0.5) is 0 Å². The molecule has 0 aliphatic carbocycles. The first-order chi connectivity index (χ1) is 12.1. The highest BCUT2D eigenvalue weighted by Crippen LogP contribution is 2.29. The lowest BCUT2D eigenvalue weighted by Gasteiger charge is -2.19. The third kappa shape index (κ3) is 3.18.